The smallest absolute Gasteiger partial charge is 0.410 e. The molecule has 1 amide bonds. The lowest BCUT2D eigenvalue weighted by Crippen LogP contribution is -2.62. The first-order valence-electron chi connectivity index (χ1n) is 12.2. The number of morpholine rings is 1. The number of ether oxygens (including phenoxy) is 3. The Morgan fingerprint density at radius 2 is 1.60 bits per heavy atom. The molecule has 0 aromatic heterocycles. The fraction of sp³-hybridized carbons (Fsp3) is 0.345. The number of rotatable bonds is 4. The zero-order valence-corrected chi connectivity index (χ0v) is 19.7. The highest BCUT2D eigenvalue weighted by Gasteiger charge is 2.49. The summed E-state index contributed by atoms with van der Waals surface area (Å²) in [6, 6.07) is 23.7. The largest absolute Gasteiger partial charge is 0.497 e. The summed E-state index contributed by atoms with van der Waals surface area (Å²) in [6.45, 7) is 1.05. The highest BCUT2D eigenvalue weighted by Crippen LogP contribution is 2.45. The van der Waals surface area contributed by atoms with Gasteiger partial charge in [-0.25, -0.2) is 4.79 Å². The molecule has 2 aliphatic heterocycles. The van der Waals surface area contributed by atoms with Crippen LogP contribution in [0.5, 0.6) is 5.75 Å². The van der Waals surface area contributed by atoms with Gasteiger partial charge < -0.3 is 19.3 Å². The number of amides is 1. The van der Waals surface area contributed by atoms with E-state index in [0.717, 1.165) is 5.56 Å². The summed E-state index contributed by atoms with van der Waals surface area (Å²) >= 11 is 0. The third-order valence-electron chi connectivity index (χ3n) is 7.71. The Hall–Kier alpha value is -3.35. The van der Waals surface area contributed by atoms with Crippen molar-refractivity contribution in [2.75, 3.05) is 26.9 Å². The number of piperidine rings is 1. The molecule has 0 radical (unpaired) electrons. The molecule has 6 heteroatoms. The van der Waals surface area contributed by atoms with E-state index in [2.05, 4.69) is 24.3 Å². The molecule has 2 unspecified atom stereocenters. The maximum atomic E-state index is 13.4. The predicted octanol–water partition coefficient (Wildman–Crippen LogP) is 4.70. The number of carbonyl (C=O) groups excluding carboxylic acids is 1. The molecule has 2 saturated heterocycles. The normalized spacial score (nSPS) is 25.0. The highest BCUT2D eigenvalue weighted by atomic mass is 16.6. The molecule has 180 valence electrons. The summed E-state index contributed by atoms with van der Waals surface area (Å²) in [5, 5.41) is 11.6. The summed E-state index contributed by atoms with van der Waals surface area (Å²) < 4.78 is 17.1. The lowest BCUT2D eigenvalue weighted by atomic mass is 9.77. The lowest BCUT2D eigenvalue weighted by Gasteiger charge is -2.51. The molecule has 6 rings (SSSR count). The molecule has 1 N–H and O–H groups in total. The van der Waals surface area contributed by atoms with Gasteiger partial charge in [0.1, 0.15) is 12.4 Å². The molecule has 6 nitrogen and oxygen atoms in total. The summed E-state index contributed by atoms with van der Waals surface area (Å²) in [7, 11) is 1.62. The van der Waals surface area contributed by atoms with Crippen LogP contribution >= 0.6 is 0 Å². The minimum absolute atomic E-state index is 0.0148. The number of carbonyl (C=O) groups is 1. The number of fused-ring (bicyclic) bond motifs is 5. The minimum atomic E-state index is -1.05. The number of benzene rings is 3. The molecule has 2 heterocycles. The summed E-state index contributed by atoms with van der Waals surface area (Å²) in [6.07, 6.45) is 0.444. The summed E-state index contributed by atoms with van der Waals surface area (Å²) in [5.74, 6) is 0.720. The van der Waals surface area contributed by atoms with E-state index < -0.39 is 5.60 Å². The van der Waals surface area contributed by atoms with Gasteiger partial charge >= 0.3 is 6.09 Å². The monoisotopic (exact) mass is 471 g/mol. The van der Waals surface area contributed by atoms with Crippen LogP contribution in [0.1, 0.15) is 35.4 Å². The van der Waals surface area contributed by atoms with Crippen molar-refractivity contribution in [3.8, 4) is 16.9 Å². The second-order valence-electron chi connectivity index (χ2n) is 9.73. The Morgan fingerprint density at radius 1 is 0.971 bits per heavy atom. The summed E-state index contributed by atoms with van der Waals surface area (Å²) in [4.78, 5) is 15.2. The van der Waals surface area contributed by atoms with Crippen LogP contribution in [-0.4, -0.2) is 55.1 Å². The molecule has 1 aliphatic carbocycles. The van der Waals surface area contributed by atoms with E-state index in [4.69, 9.17) is 14.2 Å². The Kier molecular flexibility index (Phi) is 5.50. The van der Waals surface area contributed by atoms with Crippen LogP contribution in [0.3, 0.4) is 0 Å². The van der Waals surface area contributed by atoms with E-state index in [9.17, 15) is 9.90 Å². The number of aliphatic hydroxyl groups is 1. The zero-order valence-electron chi connectivity index (χ0n) is 19.7. The van der Waals surface area contributed by atoms with Gasteiger partial charge in [-0.2, -0.15) is 0 Å². The average molecular weight is 472 g/mol. The highest BCUT2D eigenvalue weighted by molar-refractivity contribution is 5.79. The van der Waals surface area contributed by atoms with Crippen molar-refractivity contribution in [2.24, 2.45) is 0 Å². The number of hydrogen-bond donors (Lipinski definition) is 1. The third-order valence-corrected chi connectivity index (χ3v) is 7.71. The van der Waals surface area contributed by atoms with Crippen LogP contribution in [0.25, 0.3) is 11.1 Å². The van der Waals surface area contributed by atoms with Gasteiger partial charge in [0.15, 0.2) is 0 Å². The van der Waals surface area contributed by atoms with Gasteiger partial charge in [-0.1, -0.05) is 60.7 Å². The van der Waals surface area contributed by atoms with Crippen LogP contribution < -0.4 is 4.74 Å². The molecular weight excluding hydrogens is 442 g/mol. The van der Waals surface area contributed by atoms with E-state index >= 15 is 0 Å². The number of hydrogen-bond acceptors (Lipinski definition) is 5. The van der Waals surface area contributed by atoms with Crippen molar-refractivity contribution < 1.29 is 24.1 Å². The van der Waals surface area contributed by atoms with E-state index in [1.54, 1.807) is 12.0 Å². The predicted molar refractivity (Wildman–Crippen MR) is 131 cm³/mol. The quantitative estimate of drug-likeness (QED) is 0.598. The standard InChI is InChI=1S/C29H29NO5/c1-33-22-8-6-7-19(13-22)29(32)14-20-16-34-17-21(15-29)30(20)28(31)35-18-27-25-11-4-2-9-23(25)24-10-3-5-12-26(24)27/h2-13,20-21,27,32H,14-18H2,1H3. The van der Waals surface area contributed by atoms with Gasteiger partial charge in [-0.3, -0.25) is 4.90 Å². The SMILES string of the molecule is COc1cccc(C2(O)CC3COCC(C2)N3C(=O)OCC2c3ccccc3-c3ccccc32)c1. The van der Waals surface area contributed by atoms with Crippen LogP contribution in [-0.2, 0) is 15.1 Å². The van der Waals surface area contributed by atoms with Gasteiger partial charge in [0, 0.05) is 18.8 Å². The van der Waals surface area contributed by atoms with E-state index in [0.29, 0.717) is 31.8 Å². The van der Waals surface area contributed by atoms with Gasteiger partial charge in [-0.15, -0.1) is 0 Å². The Labute approximate surface area is 205 Å². The van der Waals surface area contributed by atoms with E-state index in [1.807, 2.05) is 48.5 Å². The average Bonchev–Trinajstić information content (AvgIpc) is 3.20. The second kappa shape index (κ2) is 8.70. The molecule has 2 atom stereocenters. The first-order chi connectivity index (χ1) is 17.1. The lowest BCUT2D eigenvalue weighted by molar-refractivity contribution is -0.136. The van der Waals surface area contributed by atoms with Crippen molar-refractivity contribution >= 4 is 6.09 Å². The van der Waals surface area contributed by atoms with Crippen LogP contribution in [0.4, 0.5) is 4.79 Å². The maximum Gasteiger partial charge on any atom is 0.410 e. The first-order valence-corrected chi connectivity index (χ1v) is 12.2. The van der Waals surface area contributed by atoms with Gasteiger partial charge in [0.25, 0.3) is 0 Å². The van der Waals surface area contributed by atoms with Crippen molar-refractivity contribution in [3.63, 3.8) is 0 Å². The van der Waals surface area contributed by atoms with Crippen molar-refractivity contribution in [2.45, 2.75) is 36.4 Å². The molecule has 3 aliphatic rings. The van der Waals surface area contributed by atoms with Crippen LogP contribution in [0.15, 0.2) is 72.8 Å². The zero-order chi connectivity index (χ0) is 24.0. The Balaban J connectivity index is 1.20. The molecule has 2 fully saturated rings. The topological polar surface area (TPSA) is 68.2 Å². The fourth-order valence-corrected chi connectivity index (χ4v) is 6.09. The van der Waals surface area contributed by atoms with Crippen LogP contribution in [0, 0.1) is 0 Å². The third kappa shape index (κ3) is 3.77. The van der Waals surface area contributed by atoms with Crippen molar-refractivity contribution in [1.29, 1.82) is 0 Å². The molecular formula is C29H29NO5. The fourth-order valence-electron chi connectivity index (χ4n) is 6.09. The molecule has 35 heavy (non-hydrogen) atoms. The van der Waals surface area contributed by atoms with Crippen molar-refractivity contribution in [1.82, 2.24) is 4.90 Å². The number of nitrogens with zero attached hydrogens (tertiary/aromatic N) is 1. The van der Waals surface area contributed by atoms with E-state index in [1.165, 1.54) is 22.3 Å². The number of methoxy groups -OCH3 is 1. The second-order valence-corrected chi connectivity index (χ2v) is 9.73. The summed E-state index contributed by atoms with van der Waals surface area (Å²) in [5.41, 5.74) is 4.55. The van der Waals surface area contributed by atoms with E-state index in [-0.39, 0.29) is 30.7 Å². The maximum absolute atomic E-state index is 13.4. The van der Waals surface area contributed by atoms with Crippen LogP contribution in [0.2, 0.25) is 0 Å². The van der Waals surface area contributed by atoms with Gasteiger partial charge in [-0.05, 0) is 39.9 Å². The molecule has 0 saturated carbocycles. The molecule has 0 spiro atoms. The molecule has 3 aromatic rings. The molecule has 3 aromatic carbocycles. The minimum Gasteiger partial charge on any atom is -0.497 e. The first kappa shape index (κ1) is 22.1. The van der Waals surface area contributed by atoms with Gasteiger partial charge in [0.2, 0.25) is 0 Å². The van der Waals surface area contributed by atoms with Crippen molar-refractivity contribution in [3.05, 3.63) is 89.5 Å². The Bertz CT molecular complexity index is 1200. The Morgan fingerprint density at radius 3 is 2.23 bits per heavy atom. The van der Waals surface area contributed by atoms with Gasteiger partial charge in [0.05, 0.1) is 38.0 Å². The molecule has 2 bridgehead atoms.